The maximum atomic E-state index is 13.2. The molecule has 9 nitrogen and oxygen atoms in total. The van der Waals surface area contributed by atoms with Crippen molar-refractivity contribution in [3.63, 3.8) is 0 Å². The van der Waals surface area contributed by atoms with Crippen LogP contribution >= 0.6 is 11.6 Å². The van der Waals surface area contributed by atoms with Crippen molar-refractivity contribution in [2.24, 2.45) is 0 Å². The van der Waals surface area contributed by atoms with E-state index in [4.69, 9.17) is 21.1 Å². The lowest BCUT2D eigenvalue weighted by atomic mass is 9.95. The summed E-state index contributed by atoms with van der Waals surface area (Å²) in [4.78, 5) is 24.0. The lowest BCUT2D eigenvalue weighted by Gasteiger charge is -2.18. The third-order valence-electron chi connectivity index (χ3n) is 5.51. The molecule has 0 fully saturated rings. The first-order chi connectivity index (χ1) is 17.6. The molecule has 0 radical (unpaired) electrons. The molecule has 3 N–H and O–H groups in total. The molecule has 0 aliphatic carbocycles. The number of methoxy groups -OCH3 is 2. The van der Waals surface area contributed by atoms with Gasteiger partial charge in [0.2, 0.25) is 0 Å². The fourth-order valence-electron chi connectivity index (χ4n) is 3.71. The van der Waals surface area contributed by atoms with E-state index in [9.17, 15) is 23.1 Å². The van der Waals surface area contributed by atoms with Gasteiger partial charge in [0.15, 0.2) is 11.5 Å². The highest BCUT2D eigenvalue weighted by Gasteiger charge is 2.20. The topological polar surface area (TPSA) is 131 Å². The van der Waals surface area contributed by atoms with Crippen molar-refractivity contribution >= 4 is 39.2 Å². The van der Waals surface area contributed by atoms with Crippen molar-refractivity contribution in [3.8, 4) is 11.5 Å². The highest BCUT2D eigenvalue weighted by atomic mass is 35.5. The maximum absolute atomic E-state index is 13.2. The molecule has 0 aliphatic heterocycles. The van der Waals surface area contributed by atoms with E-state index in [2.05, 4.69) is 10.0 Å². The Kier molecular flexibility index (Phi) is 9.01. The molecular weight excluding hydrogens is 520 g/mol. The third-order valence-corrected chi connectivity index (χ3v) is 7.14. The molecule has 3 aromatic carbocycles. The van der Waals surface area contributed by atoms with Crippen molar-refractivity contribution in [3.05, 3.63) is 81.9 Å². The quantitative estimate of drug-likeness (QED) is 0.329. The molecule has 0 aliphatic rings. The summed E-state index contributed by atoms with van der Waals surface area (Å²) in [6.07, 6.45) is -0.129. The fourth-order valence-corrected chi connectivity index (χ4v) is 4.93. The predicted octanol–water partition coefficient (Wildman–Crippen LogP) is 4.13. The molecule has 3 aromatic rings. The van der Waals surface area contributed by atoms with E-state index in [0.29, 0.717) is 39.8 Å². The van der Waals surface area contributed by atoms with Crippen LogP contribution in [0.4, 0.5) is 5.69 Å². The average molecular weight is 547 g/mol. The van der Waals surface area contributed by atoms with Crippen molar-refractivity contribution in [1.82, 2.24) is 5.32 Å². The van der Waals surface area contributed by atoms with Gasteiger partial charge in [-0.2, -0.15) is 0 Å². The van der Waals surface area contributed by atoms with E-state index < -0.39 is 16.0 Å². The van der Waals surface area contributed by atoms with Crippen LogP contribution < -0.4 is 19.5 Å². The molecule has 0 heterocycles. The number of carbonyl (C=O) groups is 2. The second-order valence-electron chi connectivity index (χ2n) is 8.01. The lowest BCUT2D eigenvalue weighted by Crippen LogP contribution is -2.23. The van der Waals surface area contributed by atoms with Crippen LogP contribution in [0, 0.1) is 0 Å². The van der Waals surface area contributed by atoms with Gasteiger partial charge in [0.25, 0.3) is 15.9 Å². The lowest BCUT2D eigenvalue weighted by molar-refractivity contribution is -0.136. The van der Waals surface area contributed by atoms with E-state index in [1.807, 2.05) is 0 Å². The average Bonchev–Trinajstić information content (AvgIpc) is 2.85. The largest absolute Gasteiger partial charge is 0.493 e. The van der Waals surface area contributed by atoms with Crippen LogP contribution in [0.25, 0.3) is 0 Å². The Hall–Kier alpha value is -3.76. The number of carbonyl (C=O) groups excluding carboxylic acids is 1. The van der Waals surface area contributed by atoms with Gasteiger partial charge in [0.05, 0.1) is 31.2 Å². The van der Waals surface area contributed by atoms with Crippen molar-refractivity contribution in [1.29, 1.82) is 0 Å². The zero-order valence-electron chi connectivity index (χ0n) is 20.5. The minimum atomic E-state index is -4.03. The number of anilines is 1. The molecule has 0 bridgehead atoms. The Morgan fingerprint density at radius 1 is 0.919 bits per heavy atom. The number of amides is 1. The van der Waals surface area contributed by atoms with Crippen LogP contribution in [0.15, 0.2) is 59.5 Å². The van der Waals surface area contributed by atoms with Gasteiger partial charge in [-0.05, 0) is 78.6 Å². The van der Waals surface area contributed by atoms with Gasteiger partial charge >= 0.3 is 5.97 Å². The minimum Gasteiger partial charge on any atom is -0.493 e. The summed E-state index contributed by atoms with van der Waals surface area (Å²) in [5.74, 6) is -0.631. The molecular formula is C26H27ClN2O7S. The Morgan fingerprint density at radius 2 is 1.54 bits per heavy atom. The number of sulfonamides is 1. The van der Waals surface area contributed by atoms with Gasteiger partial charge in [0, 0.05) is 17.1 Å². The van der Waals surface area contributed by atoms with Crippen LogP contribution in [0.5, 0.6) is 11.5 Å². The Labute approximate surface area is 220 Å². The number of ether oxygens (including phenoxy) is 2. The highest BCUT2D eigenvalue weighted by molar-refractivity contribution is 7.92. The van der Waals surface area contributed by atoms with Crippen molar-refractivity contribution < 1.29 is 32.6 Å². The first-order valence-corrected chi connectivity index (χ1v) is 13.1. The molecule has 3 rings (SSSR count). The standard InChI is InChI=1S/C26H27ClN2O7S/c1-4-28-26(32)17-6-5-16(22(12-17)29-37(33,34)21-9-7-20(27)8-10-21)11-18-13-23(35-2)24(36-3)14-19(18)15-25(30)31/h5-10,12-14,29H,4,11,15H2,1-3H3,(H,28,32)(H,30,31). The number of halogens is 1. The second-order valence-corrected chi connectivity index (χ2v) is 10.1. The number of rotatable bonds is 11. The summed E-state index contributed by atoms with van der Waals surface area (Å²) in [6, 6.07) is 13.6. The minimum absolute atomic E-state index is 0.0102. The molecule has 0 saturated heterocycles. The molecule has 11 heteroatoms. The van der Waals surface area contributed by atoms with Gasteiger partial charge in [0.1, 0.15) is 0 Å². The van der Waals surface area contributed by atoms with Crippen LogP contribution in [-0.2, 0) is 27.7 Å². The van der Waals surface area contributed by atoms with E-state index >= 15 is 0 Å². The number of carboxylic acids is 1. The number of aliphatic carboxylic acids is 1. The number of nitrogens with one attached hydrogen (secondary N) is 2. The van der Waals surface area contributed by atoms with Gasteiger partial charge in [-0.25, -0.2) is 8.42 Å². The van der Waals surface area contributed by atoms with E-state index in [1.54, 1.807) is 31.2 Å². The molecule has 37 heavy (non-hydrogen) atoms. The molecule has 0 saturated carbocycles. The van der Waals surface area contributed by atoms with Gasteiger partial charge in [-0.1, -0.05) is 17.7 Å². The predicted molar refractivity (Wildman–Crippen MR) is 140 cm³/mol. The molecule has 0 unspecified atom stereocenters. The number of hydrogen-bond donors (Lipinski definition) is 3. The summed E-state index contributed by atoms with van der Waals surface area (Å²) in [5, 5.41) is 12.5. The van der Waals surface area contributed by atoms with Crippen LogP contribution in [0.3, 0.4) is 0 Å². The second kappa shape index (κ2) is 12.0. The monoisotopic (exact) mass is 546 g/mol. The number of benzene rings is 3. The van der Waals surface area contributed by atoms with E-state index in [-0.39, 0.29) is 34.9 Å². The summed E-state index contributed by atoms with van der Waals surface area (Å²) in [5.41, 5.74) is 2.03. The molecule has 1 amide bonds. The summed E-state index contributed by atoms with van der Waals surface area (Å²) < 4.78 is 39.6. The molecule has 0 spiro atoms. The van der Waals surface area contributed by atoms with Crippen molar-refractivity contribution in [2.45, 2.75) is 24.7 Å². The zero-order valence-corrected chi connectivity index (χ0v) is 22.1. The maximum Gasteiger partial charge on any atom is 0.307 e. The summed E-state index contributed by atoms with van der Waals surface area (Å²) in [7, 11) is -1.12. The van der Waals surface area contributed by atoms with Gasteiger partial charge < -0.3 is 19.9 Å². The Morgan fingerprint density at radius 3 is 2.11 bits per heavy atom. The molecule has 196 valence electrons. The number of carboxylic acid groups (broad SMARTS) is 1. The fraction of sp³-hybridized carbons (Fsp3) is 0.231. The summed E-state index contributed by atoms with van der Waals surface area (Å²) in [6.45, 7) is 2.17. The smallest absolute Gasteiger partial charge is 0.307 e. The van der Waals surface area contributed by atoms with E-state index in [0.717, 1.165) is 0 Å². The van der Waals surface area contributed by atoms with Crippen LogP contribution in [0.1, 0.15) is 34.0 Å². The summed E-state index contributed by atoms with van der Waals surface area (Å²) >= 11 is 5.90. The van der Waals surface area contributed by atoms with Crippen LogP contribution in [-0.4, -0.2) is 46.2 Å². The molecule has 0 aromatic heterocycles. The van der Waals surface area contributed by atoms with E-state index in [1.165, 1.54) is 44.6 Å². The van der Waals surface area contributed by atoms with Gasteiger partial charge in [-0.3, -0.25) is 14.3 Å². The SMILES string of the molecule is CCNC(=O)c1ccc(Cc2cc(OC)c(OC)cc2CC(=O)O)c(NS(=O)(=O)c2ccc(Cl)cc2)c1. The number of hydrogen-bond acceptors (Lipinski definition) is 6. The van der Waals surface area contributed by atoms with Crippen molar-refractivity contribution in [2.75, 3.05) is 25.5 Å². The van der Waals surface area contributed by atoms with Crippen LogP contribution in [0.2, 0.25) is 5.02 Å². The third kappa shape index (κ3) is 6.93. The Bertz CT molecular complexity index is 1410. The highest BCUT2D eigenvalue weighted by Crippen LogP contribution is 2.34. The normalized spacial score (nSPS) is 11.0. The zero-order chi connectivity index (χ0) is 27.2. The van der Waals surface area contributed by atoms with Gasteiger partial charge in [-0.15, -0.1) is 0 Å². The Balaban J connectivity index is 2.11. The molecule has 0 atom stereocenters. The first-order valence-electron chi connectivity index (χ1n) is 11.2. The first kappa shape index (κ1) is 27.8.